The van der Waals surface area contributed by atoms with Crippen LogP contribution in [0.4, 0.5) is 4.79 Å². The number of nitrogens with two attached hydrogens (primary N) is 1. The second-order valence-corrected chi connectivity index (χ2v) is 18.7. The number of ether oxygens (including phenoxy) is 3. The number of carbonyl (C=O) groups excluding carboxylic acids is 5. The third-order valence-corrected chi connectivity index (χ3v) is 13.8. The van der Waals surface area contributed by atoms with Crippen LogP contribution in [0.2, 0.25) is 0 Å². The van der Waals surface area contributed by atoms with Crippen molar-refractivity contribution in [3.63, 3.8) is 0 Å². The number of fused-ring (bicyclic) bond motifs is 3. The Balaban J connectivity index is 1.29. The highest BCUT2D eigenvalue weighted by Crippen LogP contribution is 2.61. The number of rotatable bonds is 23. The summed E-state index contributed by atoms with van der Waals surface area (Å²) < 4.78 is 16.8. The van der Waals surface area contributed by atoms with Gasteiger partial charge in [0.2, 0.25) is 17.7 Å². The lowest BCUT2D eigenvalue weighted by molar-refractivity contribution is -0.143. The Morgan fingerprint density at radius 3 is 2.41 bits per heavy atom. The lowest BCUT2D eigenvalue weighted by Crippen LogP contribution is -2.58. The van der Waals surface area contributed by atoms with Crippen LogP contribution in [0.5, 0.6) is 0 Å². The van der Waals surface area contributed by atoms with E-state index in [1.165, 1.54) is 11.3 Å². The van der Waals surface area contributed by atoms with E-state index < -0.39 is 35.6 Å². The lowest BCUT2D eigenvalue weighted by Gasteiger charge is -2.40. The van der Waals surface area contributed by atoms with E-state index in [4.69, 9.17) is 24.9 Å². The lowest BCUT2D eigenvalue weighted by atomic mass is 9.79. The molecule has 1 aliphatic heterocycles. The first kappa shape index (κ1) is 49.8. The summed E-state index contributed by atoms with van der Waals surface area (Å²) in [5.41, 5.74) is 11.6. The minimum absolute atomic E-state index is 0.00219. The summed E-state index contributed by atoms with van der Waals surface area (Å²) in [7, 11) is 1.98. The van der Waals surface area contributed by atoms with Crippen LogP contribution in [0.1, 0.15) is 144 Å². The summed E-state index contributed by atoms with van der Waals surface area (Å²) in [5.74, 6) is -1.57. The number of nitrogens with one attached hydrogen (secondary N) is 4. The van der Waals surface area contributed by atoms with Gasteiger partial charge in [0.1, 0.15) is 29.5 Å². The van der Waals surface area contributed by atoms with Crippen molar-refractivity contribution in [1.29, 1.82) is 0 Å². The van der Waals surface area contributed by atoms with E-state index in [0.29, 0.717) is 50.6 Å². The van der Waals surface area contributed by atoms with Gasteiger partial charge >= 0.3 is 6.09 Å². The van der Waals surface area contributed by atoms with Gasteiger partial charge in [-0.15, -0.1) is 11.3 Å². The van der Waals surface area contributed by atoms with Gasteiger partial charge in [0, 0.05) is 49.0 Å². The average molecular weight is 897 g/mol. The van der Waals surface area contributed by atoms with Crippen LogP contribution in [-0.2, 0) is 28.6 Å². The summed E-state index contributed by atoms with van der Waals surface area (Å²) in [4.78, 5) is 77.3. The van der Waals surface area contributed by atoms with Crippen LogP contribution in [-0.4, -0.2) is 121 Å². The van der Waals surface area contributed by atoms with Gasteiger partial charge in [0.25, 0.3) is 5.91 Å². The van der Waals surface area contributed by atoms with Gasteiger partial charge in [0.15, 0.2) is 0 Å². The van der Waals surface area contributed by atoms with Gasteiger partial charge in [-0.1, -0.05) is 78.6 Å². The summed E-state index contributed by atoms with van der Waals surface area (Å²) in [6.07, 6.45) is 5.24. The molecule has 1 unspecified atom stereocenters. The highest BCUT2D eigenvalue weighted by atomic mass is 32.1. The Morgan fingerprint density at radius 1 is 0.968 bits per heavy atom. The molecule has 3 aliphatic rings. The normalized spacial score (nSPS) is 22.4. The molecule has 0 spiro atoms. The number of carbonyl (C=O) groups is 5. The molecule has 1 saturated heterocycles. The van der Waals surface area contributed by atoms with E-state index in [0.717, 1.165) is 56.2 Å². The summed E-state index contributed by atoms with van der Waals surface area (Å²) in [6, 6.07) is 6.55. The summed E-state index contributed by atoms with van der Waals surface area (Å²) in [5, 5.41) is 8.85. The van der Waals surface area contributed by atoms with E-state index in [-0.39, 0.29) is 66.5 Å². The van der Waals surface area contributed by atoms with Crippen LogP contribution in [0.3, 0.4) is 0 Å². The van der Waals surface area contributed by atoms with Crippen LogP contribution in [0, 0.1) is 11.8 Å². The molecule has 1 saturated carbocycles. The van der Waals surface area contributed by atoms with Gasteiger partial charge in [-0.2, -0.15) is 0 Å². The average Bonchev–Trinajstić information content (AvgIpc) is 3.78. The van der Waals surface area contributed by atoms with Gasteiger partial charge in [0.05, 0.1) is 25.2 Å². The fraction of sp³-hybridized carbons (Fsp3) is 0.696. The van der Waals surface area contributed by atoms with Gasteiger partial charge in [-0.05, 0) is 75.1 Å². The second-order valence-electron chi connectivity index (χ2n) is 17.8. The third-order valence-electron chi connectivity index (χ3n) is 12.9. The van der Waals surface area contributed by atoms with E-state index in [1.807, 2.05) is 57.0 Å². The Bertz CT molecular complexity index is 1850. The number of benzene rings is 1. The van der Waals surface area contributed by atoms with E-state index in [2.05, 4.69) is 47.2 Å². The van der Waals surface area contributed by atoms with Gasteiger partial charge in [-0.3, -0.25) is 29.5 Å². The number of thiazole rings is 1. The highest BCUT2D eigenvalue weighted by Gasteiger charge is 2.61. The molecule has 16 nitrogen and oxygen atoms in total. The second kappa shape index (κ2) is 23.7. The maximum absolute atomic E-state index is 14.7. The van der Waals surface area contributed by atoms with Crippen LogP contribution in [0.25, 0.3) is 0 Å². The number of likely N-dealkylation sites (tertiary alicyclic amines) is 1. The molecule has 0 bridgehead atoms. The van der Waals surface area contributed by atoms with E-state index >= 15 is 0 Å². The molecule has 17 heteroatoms. The molecule has 8 atom stereocenters. The molecule has 350 valence electrons. The maximum atomic E-state index is 14.7. The monoisotopic (exact) mass is 897 g/mol. The Labute approximate surface area is 377 Å². The zero-order valence-corrected chi connectivity index (χ0v) is 39.2. The topological polar surface area (TPSA) is 207 Å². The highest BCUT2D eigenvalue weighted by molar-refractivity contribution is 7.09. The van der Waals surface area contributed by atoms with Crippen molar-refractivity contribution in [3.05, 3.63) is 51.5 Å². The standard InChI is InChI=1S/C46H72N8O8S/c1-8-19-54(44(58)39(30(6)10-3)49-42(57)36-17-13-14-20-53(36)7)37(29(4)5)25-38(61-21-9-2)43-48-35(28-63-43)41(56)50-46-26-33(31-15-11-12-16-32(31)34(46)27-46)40(55)51-52-45(59)62-24-23-60-22-18-47/h11-12,15-16,28-30,33-34,36-39H,8-10,13-14,17-27,47H2,1-7H3,(H,49,57)(H,50,56)(H,51,55)(H,52,59)/t30-,33+,34-,36+,37+,38+,39-,46?/m0/s1. The smallest absolute Gasteiger partial charge is 0.426 e. The molecular weight excluding hydrogens is 825 g/mol. The fourth-order valence-electron chi connectivity index (χ4n) is 9.10. The van der Waals surface area contributed by atoms with Crippen molar-refractivity contribution in [2.24, 2.45) is 17.6 Å². The van der Waals surface area contributed by atoms with Gasteiger partial charge in [-0.25, -0.2) is 15.2 Å². The van der Waals surface area contributed by atoms with Crippen LogP contribution < -0.4 is 27.2 Å². The summed E-state index contributed by atoms with van der Waals surface area (Å²) >= 11 is 1.36. The molecular formula is C46H72N8O8S. The molecule has 5 amide bonds. The largest absolute Gasteiger partial charge is 0.446 e. The minimum atomic E-state index is -0.817. The first-order valence-corrected chi connectivity index (χ1v) is 24.0. The predicted molar refractivity (Wildman–Crippen MR) is 242 cm³/mol. The molecule has 1 aromatic carbocycles. The molecule has 2 heterocycles. The van der Waals surface area contributed by atoms with Crippen molar-refractivity contribution < 1.29 is 38.2 Å². The van der Waals surface area contributed by atoms with E-state index in [9.17, 15) is 24.0 Å². The number of nitrogens with zero attached hydrogens (tertiary/aromatic N) is 3. The summed E-state index contributed by atoms with van der Waals surface area (Å²) in [6.45, 7) is 15.1. The molecule has 5 rings (SSSR count). The number of likely N-dealkylation sites (N-methyl/N-ethyl adjacent to an activating group) is 1. The first-order valence-electron chi connectivity index (χ1n) is 23.1. The molecule has 1 aromatic heterocycles. The van der Waals surface area contributed by atoms with Crippen LogP contribution in [0.15, 0.2) is 29.6 Å². The number of amides is 5. The van der Waals surface area contributed by atoms with Crippen molar-refractivity contribution in [2.75, 3.05) is 53.1 Å². The SMILES string of the molecule is CCCO[C@H](C[C@H](C(C)C)N(CCC)C(=O)[C@@H](NC(=O)[C@H]1CCCCN1C)[C@@H](C)CC)c1nc(C(=O)NC23C[C@@H](C(=O)NNC(=O)OCCOCCN)c4ccccc4[C@@H]2C3)cs1. The minimum Gasteiger partial charge on any atom is -0.446 e. The zero-order chi connectivity index (χ0) is 45.7. The number of hydrogen-bond donors (Lipinski definition) is 5. The Morgan fingerprint density at radius 2 is 1.73 bits per heavy atom. The molecule has 6 N–H and O–H groups in total. The zero-order valence-electron chi connectivity index (χ0n) is 38.4. The third kappa shape index (κ3) is 12.8. The predicted octanol–water partition coefficient (Wildman–Crippen LogP) is 5.16. The number of hydrazine groups is 1. The quantitative estimate of drug-likeness (QED) is 0.0728. The number of aromatic nitrogens is 1. The molecule has 2 aromatic rings. The number of piperidine rings is 1. The van der Waals surface area contributed by atoms with Crippen molar-refractivity contribution in [2.45, 2.75) is 141 Å². The Kier molecular flexibility index (Phi) is 18.7. The van der Waals surface area contributed by atoms with Crippen molar-refractivity contribution >= 4 is 41.1 Å². The van der Waals surface area contributed by atoms with Crippen LogP contribution >= 0.6 is 11.3 Å². The molecule has 63 heavy (non-hydrogen) atoms. The fourth-order valence-corrected chi connectivity index (χ4v) is 9.96. The molecule has 2 fully saturated rings. The van der Waals surface area contributed by atoms with E-state index in [1.54, 1.807) is 5.38 Å². The van der Waals surface area contributed by atoms with Crippen molar-refractivity contribution in [3.8, 4) is 0 Å². The van der Waals surface area contributed by atoms with Gasteiger partial charge < -0.3 is 35.5 Å². The molecule has 2 aliphatic carbocycles. The molecule has 0 radical (unpaired) electrons. The number of hydrogen-bond acceptors (Lipinski definition) is 12. The van der Waals surface area contributed by atoms with Crippen molar-refractivity contribution in [1.82, 2.24) is 36.3 Å². The Hall–Kier alpha value is -4.16. The first-order chi connectivity index (χ1) is 30.3. The maximum Gasteiger partial charge on any atom is 0.426 e.